The van der Waals surface area contributed by atoms with Crippen LogP contribution in [0, 0.1) is 0 Å². The van der Waals surface area contributed by atoms with Gasteiger partial charge in [0.2, 0.25) is 0 Å². The molecule has 1 aromatic heterocycles. The van der Waals surface area contributed by atoms with Gasteiger partial charge in [0.25, 0.3) is 0 Å². The number of carbonyl (C=O) groups excluding carboxylic acids is 1. The number of nitrogens with one attached hydrogen (secondary N) is 1. The van der Waals surface area contributed by atoms with Gasteiger partial charge in [-0.1, -0.05) is 54.6 Å². The average Bonchev–Trinajstić information content (AvgIpc) is 2.83. The number of para-hydroxylation sites is 1. The molecule has 92 valence electrons. The molecule has 1 heterocycles. The molecule has 0 unspecified atom stereocenters. The summed E-state index contributed by atoms with van der Waals surface area (Å²) in [6.07, 6.45) is 4.85. The van der Waals surface area contributed by atoms with E-state index in [4.69, 9.17) is 0 Å². The first-order valence-electron chi connectivity index (χ1n) is 6.17. The van der Waals surface area contributed by atoms with E-state index >= 15 is 0 Å². The van der Waals surface area contributed by atoms with Crippen molar-refractivity contribution < 1.29 is 4.79 Å². The minimum atomic E-state index is 0.711. The van der Waals surface area contributed by atoms with Crippen LogP contribution >= 0.6 is 0 Å². The van der Waals surface area contributed by atoms with E-state index in [1.807, 2.05) is 66.7 Å². The van der Waals surface area contributed by atoms with Crippen molar-refractivity contribution in [3.63, 3.8) is 0 Å². The van der Waals surface area contributed by atoms with Crippen molar-refractivity contribution in [1.29, 1.82) is 0 Å². The molecule has 19 heavy (non-hydrogen) atoms. The van der Waals surface area contributed by atoms with Crippen molar-refractivity contribution in [3.05, 3.63) is 71.4 Å². The molecular weight excluding hydrogens is 234 g/mol. The highest BCUT2D eigenvalue weighted by molar-refractivity contribution is 6.01. The van der Waals surface area contributed by atoms with Crippen molar-refractivity contribution in [3.8, 4) is 0 Å². The second-order valence-corrected chi connectivity index (χ2v) is 4.36. The third kappa shape index (κ3) is 2.20. The highest BCUT2D eigenvalue weighted by Gasteiger charge is 2.07. The maximum absolute atomic E-state index is 11.3. The Hall–Kier alpha value is -2.61. The Morgan fingerprint density at radius 1 is 0.842 bits per heavy atom. The van der Waals surface area contributed by atoms with Crippen LogP contribution in [0.4, 0.5) is 0 Å². The molecule has 0 saturated carbocycles. The lowest BCUT2D eigenvalue weighted by atomic mass is 10.1. The van der Waals surface area contributed by atoms with E-state index in [2.05, 4.69) is 4.98 Å². The number of hydrogen-bond acceptors (Lipinski definition) is 1. The first-order chi connectivity index (χ1) is 9.38. The van der Waals surface area contributed by atoms with E-state index in [-0.39, 0.29) is 0 Å². The van der Waals surface area contributed by atoms with Crippen LogP contribution in [0.1, 0.15) is 21.6 Å². The Labute approximate surface area is 111 Å². The van der Waals surface area contributed by atoms with E-state index in [0.717, 1.165) is 28.4 Å². The van der Waals surface area contributed by atoms with Crippen molar-refractivity contribution >= 4 is 29.3 Å². The Balaban J connectivity index is 2.06. The number of aldehydes is 1. The fourth-order valence-electron chi connectivity index (χ4n) is 2.19. The van der Waals surface area contributed by atoms with Gasteiger partial charge in [-0.05, 0) is 17.7 Å². The number of aromatic amines is 1. The summed E-state index contributed by atoms with van der Waals surface area (Å²) in [5, 5.41) is 0.963. The largest absolute Gasteiger partial charge is 0.354 e. The van der Waals surface area contributed by atoms with Crippen LogP contribution in [0.15, 0.2) is 54.6 Å². The number of benzene rings is 2. The lowest BCUT2D eigenvalue weighted by Crippen LogP contribution is -1.81. The molecule has 1 N–H and O–H groups in total. The fraction of sp³-hybridized carbons (Fsp3) is 0. The molecule has 0 aliphatic carbocycles. The Bertz CT molecular complexity index is 738. The second-order valence-electron chi connectivity index (χ2n) is 4.36. The van der Waals surface area contributed by atoms with Crippen molar-refractivity contribution in [2.75, 3.05) is 0 Å². The van der Waals surface area contributed by atoms with Gasteiger partial charge in [0.1, 0.15) is 0 Å². The van der Waals surface area contributed by atoms with Gasteiger partial charge < -0.3 is 4.98 Å². The summed E-state index contributed by atoms with van der Waals surface area (Å²) in [5.74, 6) is 0. The average molecular weight is 247 g/mol. The van der Waals surface area contributed by atoms with Crippen molar-refractivity contribution in [2.45, 2.75) is 0 Å². The maximum Gasteiger partial charge on any atom is 0.152 e. The maximum atomic E-state index is 11.3. The summed E-state index contributed by atoms with van der Waals surface area (Å²) >= 11 is 0. The number of carbonyl (C=O) groups is 1. The lowest BCUT2D eigenvalue weighted by molar-refractivity contribution is 0.112. The summed E-state index contributed by atoms with van der Waals surface area (Å²) in [5.41, 5.74) is 3.65. The first-order valence-corrected chi connectivity index (χ1v) is 6.17. The molecule has 0 amide bonds. The van der Waals surface area contributed by atoms with E-state index < -0.39 is 0 Å². The van der Waals surface area contributed by atoms with Crippen LogP contribution < -0.4 is 0 Å². The predicted octanol–water partition coefficient (Wildman–Crippen LogP) is 4.15. The molecule has 2 nitrogen and oxygen atoms in total. The summed E-state index contributed by atoms with van der Waals surface area (Å²) in [6, 6.07) is 17.8. The molecule has 0 bridgehead atoms. The van der Waals surface area contributed by atoms with Crippen LogP contribution in [-0.4, -0.2) is 11.3 Å². The molecule has 0 aliphatic rings. The second kappa shape index (κ2) is 4.94. The first kappa shape index (κ1) is 11.5. The van der Waals surface area contributed by atoms with E-state index in [1.165, 1.54) is 0 Å². The summed E-state index contributed by atoms with van der Waals surface area (Å²) in [4.78, 5) is 14.5. The molecule has 2 heteroatoms. The molecule has 3 rings (SSSR count). The summed E-state index contributed by atoms with van der Waals surface area (Å²) in [7, 11) is 0. The van der Waals surface area contributed by atoms with Gasteiger partial charge in [-0.2, -0.15) is 0 Å². The van der Waals surface area contributed by atoms with Gasteiger partial charge in [-0.15, -0.1) is 0 Å². The third-order valence-electron chi connectivity index (χ3n) is 3.14. The Morgan fingerprint density at radius 3 is 2.37 bits per heavy atom. The van der Waals surface area contributed by atoms with Crippen LogP contribution in [0.3, 0.4) is 0 Å². The van der Waals surface area contributed by atoms with Gasteiger partial charge in [-0.25, -0.2) is 0 Å². The zero-order valence-corrected chi connectivity index (χ0v) is 10.3. The van der Waals surface area contributed by atoms with Gasteiger partial charge >= 0.3 is 0 Å². The Kier molecular flexibility index (Phi) is 2.99. The van der Waals surface area contributed by atoms with Gasteiger partial charge in [0, 0.05) is 22.2 Å². The minimum absolute atomic E-state index is 0.711. The normalized spacial score (nSPS) is 11.2. The molecule has 0 saturated heterocycles. The molecule has 2 aromatic carbocycles. The Morgan fingerprint density at radius 2 is 1.58 bits per heavy atom. The van der Waals surface area contributed by atoms with Gasteiger partial charge in [-0.3, -0.25) is 4.79 Å². The summed E-state index contributed by atoms with van der Waals surface area (Å²) in [6.45, 7) is 0. The fourth-order valence-corrected chi connectivity index (χ4v) is 2.19. The number of aromatic nitrogens is 1. The molecular formula is C17H13NO. The number of H-pyrrole nitrogens is 1. The van der Waals surface area contributed by atoms with Crippen LogP contribution in [0.25, 0.3) is 23.1 Å². The predicted molar refractivity (Wildman–Crippen MR) is 79.1 cm³/mol. The number of fused-ring (bicyclic) bond motifs is 1. The highest BCUT2D eigenvalue weighted by atomic mass is 16.1. The summed E-state index contributed by atoms with van der Waals surface area (Å²) < 4.78 is 0. The monoisotopic (exact) mass is 247 g/mol. The van der Waals surface area contributed by atoms with E-state index in [9.17, 15) is 4.79 Å². The van der Waals surface area contributed by atoms with Crippen molar-refractivity contribution in [2.24, 2.45) is 0 Å². The smallest absolute Gasteiger partial charge is 0.152 e. The van der Waals surface area contributed by atoms with E-state index in [0.29, 0.717) is 5.56 Å². The zero-order chi connectivity index (χ0) is 13.1. The van der Waals surface area contributed by atoms with Crippen LogP contribution in [-0.2, 0) is 0 Å². The van der Waals surface area contributed by atoms with Crippen molar-refractivity contribution in [1.82, 2.24) is 4.98 Å². The molecule has 0 spiro atoms. The third-order valence-corrected chi connectivity index (χ3v) is 3.14. The molecule has 0 aliphatic heterocycles. The molecule has 0 fully saturated rings. The highest BCUT2D eigenvalue weighted by Crippen LogP contribution is 2.22. The molecule has 0 atom stereocenters. The number of rotatable bonds is 3. The topological polar surface area (TPSA) is 32.9 Å². The SMILES string of the molecule is O=Cc1c(/C=C/c2ccccc2)[nH]c2ccccc12. The number of hydrogen-bond donors (Lipinski definition) is 1. The van der Waals surface area contributed by atoms with Crippen LogP contribution in [0.2, 0.25) is 0 Å². The quantitative estimate of drug-likeness (QED) is 0.693. The van der Waals surface area contributed by atoms with E-state index in [1.54, 1.807) is 0 Å². The molecule has 0 radical (unpaired) electrons. The minimum Gasteiger partial charge on any atom is -0.354 e. The molecule has 3 aromatic rings. The zero-order valence-electron chi connectivity index (χ0n) is 10.3. The lowest BCUT2D eigenvalue weighted by Gasteiger charge is -1.92. The van der Waals surface area contributed by atoms with Gasteiger partial charge in [0.15, 0.2) is 6.29 Å². The standard InChI is InChI=1S/C17H13NO/c19-12-15-14-8-4-5-9-16(14)18-17(15)11-10-13-6-2-1-3-7-13/h1-12,18H/b11-10+. The van der Waals surface area contributed by atoms with Crippen LogP contribution in [0.5, 0.6) is 0 Å². The van der Waals surface area contributed by atoms with Gasteiger partial charge in [0.05, 0.1) is 0 Å².